The third-order valence-electron chi connectivity index (χ3n) is 3.32. The van der Waals surface area contributed by atoms with Crippen molar-refractivity contribution in [3.63, 3.8) is 0 Å². The zero-order valence-electron chi connectivity index (χ0n) is 11.8. The van der Waals surface area contributed by atoms with E-state index in [0.717, 1.165) is 29.2 Å². The number of benzene rings is 1. The van der Waals surface area contributed by atoms with Gasteiger partial charge in [-0.25, -0.2) is 4.98 Å². The molecular weight excluding hydrogens is 341 g/mol. The topological polar surface area (TPSA) is 30.7 Å². The van der Waals surface area contributed by atoms with Crippen LogP contribution in [0.25, 0.3) is 11.3 Å². The van der Waals surface area contributed by atoms with Crippen LogP contribution < -0.4 is 0 Å². The van der Waals surface area contributed by atoms with E-state index >= 15 is 0 Å². The quantitative estimate of drug-likeness (QED) is 0.660. The lowest BCUT2D eigenvalue weighted by atomic mass is 10.1. The molecule has 0 bridgehead atoms. The minimum Gasteiger partial charge on any atom is -0.331 e. The number of aromatic nitrogens is 3. The SMILES string of the molecule is Cc1nccn1Cc1ccnc(-c2ccc(Cl)c(Cl)c2)c1.Cl. The standard InChI is InChI=1S/C16H13Cl2N3.ClH/c1-11-19-6-7-21(11)10-12-4-5-20-16(8-12)13-2-3-14(17)15(18)9-13;/h2-9H,10H2,1H3;1H. The zero-order chi connectivity index (χ0) is 14.8. The van der Waals surface area contributed by atoms with Gasteiger partial charge in [-0.05, 0) is 36.8 Å². The minimum absolute atomic E-state index is 0. The van der Waals surface area contributed by atoms with Gasteiger partial charge in [-0.3, -0.25) is 4.98 Å². The average molecular weight is 355 g/mol. The van der Waals surface area contributed by atoms with Gasteiger partial charge in [-0.1, -0.05) is 29.3 Å². The molecule has 2 heterocycles. The highest BCUT2D eigenvalue weighted by molar-refractivity contribution is 6.42. The van der Waals surface area contributed by atoms with Crippen LogP contribution >= 0.6 is 35.6 Å². The van der Waals surface area contributed by atoms with Crippen LogP contribution in [0.15, 0.2) is 48.9 Å². The van der Waals surface area contributed by atoms with Crippen LogP contribution in [-0.2, 0) is 6.54 Å². The van der Waals surface area contributed by atoms with Crippen molar-refractivity contribution in [1.29, 1.82) is 0 Å². The Morgan fingerprint density at radius 1 is 1.00 bits per heavy atom. The first-order valence-corrected chi connectivity index (χ1v) is 7.27. The molecule has 0 unspecified atom stereocenters. The Labute approximate surface area is 145 Å². The molecular formula is C16H14Cl3N3. The van der Waals surface area contributed by atoms with Crippen LogP contribution in [0.2, 0.25) is 10.0 Å². The number of aryl methyl sites for hydroxylation is 1. The third kappa shape index (κ3) is 3.61. The molecule has 3 nitrogen and oxygen atoms in total. The summed E-state index contributed by atoms with van der Waals surface area (Å²) in [7, 11) is 0. The lowest BCUT2D eigenvalue weighted by Crippen LogP contribution is -2.01. The van der Waals surface area contributed by atoms with Gasteiger partial charge in [0.25, 0.3) is 0 Å². The van der Waals surface area contributed by atoms with Gasteiger partial charge >= 0.3 is 0 Å². The number of imidazole rings is 1. The number of hydrogen-bond donors (Lipinski definition) is 0. The van der Waals surface area contributed by atoms with Crippen molar-refractivity contribution in [3.8, 4) is 11.3 Å². The van der Waals surface area contributed by atoms with Gasteiger partial charge in [-0.2, -0.15) is 0 Å². The van der Waals surface area contributed by atoms with Crippen molar-refractivity contribution in [2.45, 2.75) is 13.5 Å². The first kappa shape index (κ1) is 16.8. The second kappa shape index (κ2) is 7.14. The second-order valence-electron chi connectivity index (χ2n) is 4.78. The van der Waals surface area contributed by atoms with E-state index in [-0.39, 0.29) is 12.4 Å². The summed E-state index contributed by atoms with van der Waals surface area (Å²) in [5, 5.41) is 1.08. The Balaban J connectivity index is 0.00000176. The molecule has 2 aromatic heterocycles. The van der Waals surface area contributed by atoms with E-state index in [1.165, 1.54) is 0 Å². The van der Waals surface area contributed by atoms with E-state index in [9.17, 15) is 0 Å². The molecule has 3 rings (SSSR count). The summed E-state index contributed by atoms with van der Waals surface area (Å²) in [6.45, 7) is 2.75. The summed E-state index contributed by atoms with van der Waals surface area (Å²) in [5.74, 6) is 0.989. The van der Waals surface area contributed by atoms with Crippen LogP contribution in [0.5, 0.6) is 0 Å². The van der Waals surface area contributed by atoms with Crippen LogP contribution in [0.4, 0.5) is 0 Å². The molecule has 6 heteroatoms. The maximum atomic E-state index is 6.07. The van der Waals surface area contributed by atoms with E-state index < -0.39 is 0 Å². The summed E-state index contributed by atoms with van der Waals surface area (Å²) in [4.78, 5) is 8.64. The average Bonchev–Trinajstić information content (AvgIpc) is 2.88. The van der Waals surface area contributed by atoms with Gasteiger partial charge in [0.05, 0.1) is 15.7 Å². The minimum atomic E-state index is 0. The van der Waals surface area contributed by atoms with E-state index in [2.05, 4.69) is 20.6 Å². The maximum absolute atomic E-state index is 6.07. The highest BCUT2D eigenvalue weighted by Gasteiger charge is 2.05. The molecule has 0 N–H and O–H groups in total. The van der Waals surface area contributed by atoms with Crippen molar-refractivity contribution in [1.82, 2.24) is 14.5 Å². The Morgan fingerprint density at radius 2 is 1.82 bits per heavy atom. The van der Waals surface area contributed by atoms with Gasteiger partial charge in [-0.15, -0.1) is 12.4 Å². The third-order valence-corrected chi connectivity index (χ3v) is 4.06. The molecule has 0 atom stereocenters. The Kier molecular flexibility index (Phi) is 5.46. The summed E-state index contributed by atoms with van der Waals surface area (Å²) >= 11 is 12.0. The highest BCUT2D eigenvalue weighted by Crippen LogP contribution is 2.27. The molecule has 0 saturated carbocycles. The van der Waals surface area contributed by atoms with E-state index in [1.54, 1.807) is 18.5 Å². The molecule has 0 aliphatic heterocycles. The molecule has 0 radical (unpaired) electrons. The second-order valence-corrected chi connectivity index (χ2v) is 5.59. The molecule has 0 amide bonds. The van der Waals surface area contributed by atoms with Gasteiger partial charge in [0, 0.05) is 30.7 Å². The van der Waals surface area contributed by atoms with Crippen LogP contribution in [-0.4, -0.2) is 14.5 Å². The summed E-state index contributed by atoms with van der Waals surface area (Å²) in [6, 6.07) is 9.59. The first-order valence-electron chi connectivity index (χ1n) is 6.51. The number of pyridine rings is 1. The number of halogens is 3. The van der Waals surface area contributed by atoms with E-state index in [0.29, 0.717) is 10.0 Å². The predicted octanol–water partition coefficient (Wildman–Crippen LogP) is 5.03. The van der Waals surface area contributed by atoms with Crippen molar-refractivity contribution in [2.75, 3.05) is 0 Å². The van der Waals surface area contributed by atoms with Crippen LogP contribution in [0.1, 0.15) is 11.4 Å². The molecule has 0 spiro atoms. The summed E-state index contributed by atoms with van der Waals surface area (Å²) < 4.78 is 2.09. The lowest BCUT2D eigenvalue weighted by Gasteiger charge is -2.08. The van der Waals surface area contributed by atoms with Gasteiger partial charge in [0.15, 0.2) is 0 Å². The molecule has 0 saturated heterocycles. The Morgan fingerprint density at radius 3 is 2.50 bits per heavy atom. The van der Waals surface area contributed by atoms with Crippen LogP contribution in [0.3, 0.4) is 0 Å². The molecule has 0 fully saturated rings. The van der Waals surface area contributed by atoms with Crippen molar-refractivity contribution in [2.24, 2.45) is 0 Å². The molecule has 114 valence electrons. The molecule has 0 aliphatic carbocycles. The van der Waals surface area contributed by atoms with Crippen molar-refractivity contribution in [3.05, 3.63) is 70.4 Å². The maximum Gasteiger partial charge on any atom is 0.105 e. The number of rotatable bonds is 3. The molecule has 3 aromatic rings. The Bertz CT molecular complexity index is 784. The lowest BCUT2D eigenvalue weighted by molar-refractivity contribution is 0.761. The fourth-order valence-corrected chi connectivity index (χ4v) is 2.45. The smallest absolute Gasteiger partial charge is 0.105 e. The van der Waals surface area contributed by atoms with Gasteiger partial charge < -0.3 is 4.57 Å². The zero-order valence-corrected chi connectivity index (χ0v) is 14.2. The first-order chi connectivity index (χ1) is 10.1. The number of nitrogens with zero attached hydrogens (tertiary/aromatic N) is 3. The summed E-state index contributed by atoms with van der Waals surface area (Å²) in [5.41, 5.74) is 2.99. The molecule has 1 aromatic carbocycles. The largest absolute Gasteiger partial charge is 0.331 e. The molecule has 22 heavy (non-hydrogen) atoms. The fraction of sp³-hybridized carbons (Fsp3) is 0.125. The van der Waals surface area contributed by atoms with Gasteiger partial charge in [0.1, 0.15) is 5.82 Å². The summed E-state index contributed by atoms with van der Waals surface area (Å²) in [6.07, 6.45) is 5.57. The fourth-order valence-electron chi connectivity index (χ4n) is 2.15. The predicted molar refractivity (Wildman–Crippen MR) is 93.0 cm³/mol. The van der Waals surface area contributed by atoms with Crippen LogP contribution in [0, 0.1) is 6.92 Å². The monoisotopic (exact) mass is 353 g/mol. The van der Waals surface area contributed by atoms with Crippen molar-refractivity contribution < 1.29 is 0 Å². The highest BCUT2D eigenvalue weighted by atomic mass is 35.5. The van der Waals surface area contributed by atoms with E-state index in [4.69, 9.17) is 23.2 Å². The number of hydrogen-bond acceptors (Lipinski definition) is 2. The van der Waals surface area contributed by atoms with Crippen molar-refractivity contribution >= 4 is 35.6 Å². The Hall–Kier alpha value is -1.55. The van der Waals surface area contributed by atoms with Gasteiger partial charge in [0.2, 0.25) is 0 Å². The van der Waals surface area contributed by atoms with E-state index in [1.807, 2.05) is 31.3 Å². The normalized spacial score (nSPS) is 10.3. The molecule has 0 aliphatic rings.